The highest BCUT2D eigenvalue weighted by molar-refractivity contribution is 5.84. The number of esters is 1. The summed E-state index contributed by atoms with van der Waals surface area (Å²) in [4.78, 5) is 33.7. The van der Waals surface area contributed by atoms with Crippen LogP contribution in [0.25, 0.3) is 0 Å². The Balaban J connectivity index is 2.25. The first-order valence-electron chi connectivity index (χ1n) is 5.50. The van der Waals surface area contributed by atoms with E-state index in [1.54, 1.807) is 0 Å². The smallest absolute Gasteiger partial charge is 0.308 e. The lowest BCUT2D eigenvalue weighted by molar-refractivity contribution is -0.161. The molecule has 17 heavy (non-hydrogen) atoms. The molecule has 0 amide bonds. The van der Waals surface area contributed by atoms with Gasteiger partial charge in [-0.15, -0.1) is 0 Å². The van der Waals surface area contributed by atoms with Gasteiger partial charge in [-0.2, -0.15) is 0 Å². The molecule has 6 nitrogen and oxygen atoms in total. The molecule has 5 unspecified atom stereocenters. The lowest BCUT2D eigenvalue weighted by Crippen LogP contribution is -2.40. The monoisotopic (exact) mass is 242 g/mol. The predicted octanol–water partition coefficient (Wildman–Crippen LogP) is 0.217. The minimum Gasteiger partial charge on any atom is -0.481 e. The molecule has 0 aromatic heterocycles. The Labute approximate surface area is 97.6 Å². The highest BCUT2D eigenvalue weighted by Gasteiger charge is 2.60. The van der Waals surface area contributed by atoms with Crippen molar-refractivity contribution in [2.75, 3.05) is 7.11 Å². The fourth-order valence-electron chi connectivity index (χ4n) is 3.48. The van der Waals surface area contributed by atoms with Gasteiger partial charge < -0.3 is 14.9 Å². The Morgan fingerprint density at radius 2 is 1.65 bits per heavy atom. The van der Waals surface area contributed by atoms with Crippen molar-refractivity contribution >= 4 is 17.9 Å². The largest absolute Gasteiger partial charge is 0.481 e. The van der Waals surface area contributed by atoms with E-state index in [4.69, 9.17) is 10.2 Å². The SMILES string of the molecule is COC(=O)C1CC2CC1C(C(=O)O)C2C(=O)O. The van der Waals surface area contributed by atoms with Crippen molar-refractivity contribution in [2.45, 2.75) is 12.8 Å². The van der Waals surface area contributed by atoms with Crippen LogP contribution < -0.4 is 0 Å². The minimum atomic E-state index is -1.13. The number of carboxylic acid groups (broad SMARTS) is 2. The van der Waals surface area contributed by atoms with E-state index in [-0.39, 0.29) is 5.92 Å². The van der Waals surface area contributed by atoms with E-state index in [0.717, 1.165) is 0 Å². The third-order valence-corrected chi connectivity index (χ3v) is 4.08. The fraction of sp³-hybridized carbons (Fsp3) is 0.727. The second-order valence-electron chi connectivity index (χ2n) is 4.75. The van der Waals surface area contributed by atoms with E-state index in [1.807, 2.05) is 0 Å². The van der Waals surface area contributed by atoms with Crippen LogP contribution in [0.15, 0.2) is 0 Å². The first kappa shape index (κ1) is 11.9. The average molecular weight is 242 g/mol. The maximum absolute atomic E-state index is 11.5. The lowest BCUT2D eigenvalue weighted by Gasteiger charge is -2.29. The van der Waals surface area contributed by atoms with Crippen molar-refractivity contribution in [3.8, 4) is 0 Å². The van der Waals surface area contributed by atoms with Crippen LogP contribution in [0, 0.1) is 29.6 Å². The summed E-state index contributed by atoms with van der Waals surface area (Å²) in [5.41, 5.74) is 0. The Morgan fingerprint density at radius 3 is 2.12 bits per heavy atom. The van der Waals surface area contributed by atoms with Crippen LogP contribution in [-0.2, 0) is 19.1 Å². The van der Waals surface area contributed by atoms with Gasteiger partial charge in [0, 0.05) is 0 Å². The zero-order chi connectivity index (χ0) is 12.7. The third-order valence-electron chi connectivity index (χ3n) is 4.08. The van der Waals surface area contributed by atoms with Gasteiger partial charge in [-0.25, -0.2) is 0 Å². The van der Waals surface area contributed by atoms with Crippen molar-refractivity contribution in [3.05, 3.63) is 0 Å². The molecule has 6 heteroatoms. The van der Waals surface area contributed by atoms with Crippen LogP contribution in [-0.4, -0.2) is 35.2 Å². The Kier molecular flexibility index (Phi) is 2.81. The van der Waals surface area contributed by atoms with Gasteiger partial charge in [0.15, 0.2) is 0 Å². The van der Waals surface area contributed by atoms with Gasteiger partial charge in [-0.05, 0) is 24.7 Å². The second kappa shape index (κ2) is 4.01. The molecule has 2 rings (SSSR count). The van der Waals surface area contributed by atoms with Crippen molar-refractivity contribution in [2.24, 2.45) is 29.6 Å². The number of methoxy groups -OCH3 is 1. The third kappa shape index (κ3) is 1.67. The molecule has 2 aliphatic carbocycles. The molecule has 2 N–H and O–H groups in total. The average Bonchev–Trinajstić information content (AvgIpc) is 2.84. The summed E-state index contributed by atoms with van der Waals surface area (Å²) in [5.74, 6) is -5.52. The molecule has 0 heterocycles. The molecule has 94 valence electrons. The van der Waals surface area contributed by atoms with Gasteiger partial charge in [0.05, 0.1) is 24.9 Å². The number of ether oxygens (including phenoxy) is 1. The maximum Gasteiger partial charge on any atom is 0.308 e. The zero-order valence-corrected chi connectivity index (χ0v) is 9.33. The molecule has 2 aliphatic rings. The molecule has 0 spiro atoms. The summed E-state index contributed by atoms with van der Waals surface area (Å²) in [6, 6.07) is 0. The highest BCUT2D eigenvalue weighted by atomic mass is 16.5. The van der Waals surface area contributed by atoms with Crippen LogP contribution >= 0.6 is 0 Å². The number of carbonyl (C=O) groups excluding carboxylic acids is 1. The van der Waals surface area contributed by atoms with Crippen LogP contribution in [0.2, 0.25) is 0 Å². The summed E-state index contributed by atoms with van der Waals surface area (Å²) in [7, 11) is 1.26. The summed E-state index contributed by atoms with van der Waals surface area (Å²) in [5, 5.41) is 18.2. The highest BCUT2D eigenvalue weighted by Crippen LogP contribution is 2.55. The number of hydrogen-bond acceptors (Lipinski definition) is 4. The van der Waals surface area contributed by atoms with E-state index in [1.165, 1.54) is 7.11 Å². The van der Waals surface area contributed by atoms with Gasteiger partial charge >= 0.3 is 17.9 Å². The Morgan fingerprint density at radius 1 is 1.06 bits per heavy atom. The molecule has 0 aromatic carbocycles. The van der Waals surface area contributed by atoms with Crippen LogP contribution in [0.1, 0.15) is 12.8 Å². The zero-order valence-electron chi connectivity index (χ0n) is 9.33. The van der Waals surface area contributed by atoms with Crippen molar-refractivity contribution in [3.63, 3.8) is 0 Å². The second-order valence-corrected chi connectivity index (χ2v) is 4.75. The number of hydrogen-bond donors (Lipinski definition) is 2. The van der Waals surface area contributed by atoms with E-state index >= 15 is 0 Å². The summed E-state index contributed by atoms with van der Waals surface area (Å²) >= 11 is 0. The van der Waals surface area contributed by atoms with E-state index in [2.05, 4.69) is 4.74 Å². The van der Waals surface area contributed by atoms with Crippen LogP contribution in [0.4, 0.5) is 0 Å². The molecule has 0 aliphatic heterocycles. The van der Waals surface area contributed by atoms with Gasteiger partial charge in [0.2, 0.25) is 0 Å². The van der Waals surface area contributed by atoms with E-state index in [0.29, 0.717) is 12.8 Å². The standard InChI is InChI=1S/C11H14O6/c1-17-11(16)6-3-4-2-5(6)8(10(14)15)7(4)9(12)13/h4-8H,2-3H2,1H3,(H,12,13)(H,14,15). The van der Waals surface area contributed by atoms with E-state index in [9.17, 15) is 14.4 Å². The van der Waals surface area contributed by atoms with Crippen molar-refractivity contribution < 1.29 is 29.3 Å². The molecule has 2 bridgehead atoms. The lowest BCUT2D eigenvalue weighted by atomic mass is 9.74. The maximum atomic E-state index is 11.5. The van der Waals surface area contributed by atoms with Gasteiger partial charge in [0.25, 0.3) is 0 Å². The van der Waals surface area contributed by atoms with Crippen molar-refractivity contribution in [1.29, 1.82) is 0 Å². The van der Waals surface area contributed by atoms with Crippen molar-refractivity contribution in [1.82, 2.24) is 0 Å². The summed E-state index contributed by atoms with van der Waals surface area (Å²) < 4.78 is 4.63. The first-order valence-corrected chi connectivity index (χ1v) is 5.50. The van der Waals surface area contributed by atoms with Gasteiger partial charge in [-0.3, -0.25) is 14.4 Å². The molecule has 2 fully saturated rings. The number of rotatable bonds is 3. The van der Waals surface area contributed by atoms with Crippen LogP contribution in [0.5, 0.6) is 0 Å². The minimum absolute atomic E-state index is 0.220. The van der Waals surface area contributed by atoms with E-state index < -0.39 is 41.6 Å². The predicted molar refractivity (Wildman–Crippen MR) is 54.0 cm³/mol. The molecular weight excluding hydrogens is 228 g/mol. The van der Waals surface area contributed by atoms with Crippen LogP contribution in [0.3, 0.4) is 0 Å². The van der Waals surface area contributed by atoms with Gasteiger partial charge in [0.1, 0.15) is 0 Å². The molecule has 2 saturated carbocycles. The Hall–Kier alpha value is -1.59. The first-order chi connectivity index (χ1) is 7.97. The molecule has 5 atom stereocenters. The number of carboxylic acids is 2. The number of fused-ring (bicyclic) bond motifs is 2. The summed E-state index contributed by atoms with van der Waals surface area (Å²) in [6.45, 7) is 0. The van der Waals surface area contributed by atoms with Gasteiger partial charge in [-0.1, -0.05) is 0 Å². The molecule has 0 aromatic rings. The Bertz CT molecular complexity index is 376. The topological polar surface area (TPSA) is 101 Å². The number of aliphatic carboxylic acids is 2. The normalized spacial score (nSPS) is 39.0. The molecule has 0 saturated heterocycles. The molecular formula is C11H14O6. The number of carbonyl (C=O) groups is 3. The quantitative estimate of drug-likeness (QED) is 0.686. The molecule has 0 radical (unpaired) electrons. The fourth-order valence-corrected chi connectivity index (χ4v) is 3.48. The summed E-state index contributed by atoms with van der Waals surface area (Å²) in [6.07, 6.45) is 0.922.